The van der Waals surface area contributed by atoms with Gasteiger partial charge in [0.25, 0.3) is 0 Å². The molecular weight excluding hydrogens is 259 g/mol. The standard InChI is InChI=1S/C15H19FN2S/c1-17-14-9-8-11(16)10-13(14)15(18-2)19-12-6-4-3-5-7-12/h8-10,12H,1,3-7H2,2H3/b18-15+. The first kappa shape index (κ1) is 14.3. The van der Waals surface area contributed by atoms with Crippen molar-refractivity contribution in [1.29, 1.82) is 0 Å². The van der Waals surface area contributed by atoms with E-state index in [0.29, 0.717) is 10.9 Å². The molecule has 2 rings (SSSR count). The second kappa shape index (κ2) is 6.85. The van der Waals surface area contributed by atoms with Crippen LogP contribution in [0.5, 0.6) is 0 Å². The molecule has 0 N–H and O–H groups in total. The van der Waals surface area contributed by atoms with Crippen LogP contribution < -0.4 is 0 Å². The van der Waals surface area contributed by atoms with E-state index in [1.54, 1.807) is 24.9 Å². The summed E-state index contributed by atoms with van der Waals surface area (Å²) >= 11 is 1.75. The molecule has 0 spiro atoms. The third-order valence-corrected chi connectivity index (χ3v) is 4.82. The third-order valence-electron chi connectivity index (χ3n) is 3.39. The first-order valence-corrected chi connectivity index (χ1v) is 7.52. The number of aliphatic imine (C=N–C) groups is 2. The summed E-state index contributed by atoms with van der Waals surface area (Å²) in [5.74, 6) is -0.257. The van der Waals surface area contributed by atoms with Gasteiger partial charge in [-0.05, 0) is 37.8 Å². The van der Waals surface area contributed by atoms with Crippen LogP contribution >= 0.6 is 11.8 Å². The van der Waals surface area contributed by atoms with Crippen molar-refractivity contribution in [2.45, 2.75) is 37.4 Å². The minimum atomic E-state index is -0.257. The lowest BCUT2D eigenvalue weighted by Gasteiger charge is -2.22. The molecule has 1 aliphatic carbocycles. The zero-order chi connectivity index (χ0) is 13.7. The molecule has 2 nitrogen and oxygen atoms in total. The molecule has 0 aliphatic heterocycles. The lowest BCUT2D eigenvalue weighted by molar-refractivity contribution is 0.517. The number of hydrogen-bond acceptors (Lipinski definition) is 3. The van der Waals surface area contributed by atoms with Gasteiger partial charge in [0.2, 0.25) is 0 Å². The van der Waals surface area contributed by atoms with E-state index < -0.39 is 0 Å². The molecule has 1 aromatic carbocycles. The molecule has 1 saturated carbocycles. The fourth-order valence-corrected chi connectivity index (χ4v) is 3.68. The predicted molar refractivity (Wildman–Crippen MR) is 82.5 cm³/mol. The molecule has 0 unspecified atom stereocenters. The van der Waals surface area contributed by atoms with Crippen molar-refractivity contribution < 1.29 is 4.39 Å². The van der Waals surface area contributed by atoms with Crippen molar-refractivity contribution in [2.24, 2.45) is 9.98 Å². The van der Waals surface area contributed by atoms with E-state index in [4.69, 9.17) is 0 Å². The Bertz CT molecular complexity index is 479. The molecule has 4 heteroatoms. The maximum Gasteiger partial charge on any atom is 0.124 e. The van der Waals surface area contributed by atoms with Crippen LogP contribution in [0.15, 0.2) is 28.2 Å². The topological polar surface area (TPSA) is 24.7 Å². The fraction of sp³-hybridized carbons (Fsp3) is 0.467. The Morgan fingerprint density at radius 3 is 2.68 bits per heavy atom. The molecule has 0 radical (unpaired) electrons. The Hall–Kier alpha value is -1.16. The zero-order valence-corrected chi connectivity index (χ0v) is 12.0. The van der Waals surface area contributed by atoms with Gasteiger partial charge in [-0.25, -0.2) is 4.39 Å². The number of hydrogen-bond donors (Lipinski definition) is 0. The van der Waals surface area contributed by atoms with Crippen LogP contribution in [0.4, 0.5) is 10.1 Å². The Morgan fingerprint density at radius 2 is 2.05 bits per heavy atom. The lowest BCUT2D eigenvalue weighted by atomic mass is 10.0. The van der Waals surface area contributed by atoms with Gasteiger partial charge in [-0.2, -0.15) is 0 Å². The Labute approximate surface area is 118 Å². The van der Waals surface area contributed by atoms with Crippen molar-refractivity contribution in [3.63, 3.8) is 0 Å². The number of halogens is 1. The molecule has 0 atom stereocenters. The van der Waals surface area contributed by atoms with Gasteiger partial charge in [-0.1, -0.05) is 19.3 Å². The van der Waals surface area contributed by atoms with Gasteiger partial charge in [0.05, 0.1) is 10.7 Å². The van der Waals surface area contributed by atoms with Crippen LogP contribution in [-0.4, -0.2) is 24.1 Å². The highest BCUT2D eigenvalue weighted by atomic mass is 32.2. The van der Waals surface area contributed by atoms with Crippen LogP contribution in [-0.2, 0) is 0 Å². The second-order valence-electron chi connectivity index (χ2n) is 4.73. The van der Waals surface area contributed by atoms with Crippen molar-refractivity contribution in [1.82, 2.24) is 0 Å². The van der Waals surface area contributed by atoms with Crippen molar-refractivity contribution in [3.8, 4) is 0 Å². The van der Waals surface area contributed by atoms with Crippen LogP contribution in [0.1, 0.15) is 37.7 Å². The minimum absolute atomic E-state index is 0.257. The molecule has 0 saturated heterocycles. The maximum absolute atomic E-state index is 13.4. The number of nitrogens with zero attached hydrogens (tertiary/aromatic N) is 2. The van der Waals surface area contributed by atoms with Gasteiger partial charge < -0.3 is 0 Å². The number of thioether (sulfide) groups is 1. The summed E-state index contributed by atoms with van der Waals surface area (Å²) in [4.78, 5) is 8.29. The largest absolute Gasteiger partial charge is 0.281 e. The molecule has 1 fully saturated rings. The highest BCUT2D eigenvalue weighted by molar-refractivity contribution is 8.15. The quantitative estimate of drug-likeness (QED) is 0.586. The van der Waals surface area contributed by atoms with E-state index in [2.05, 4.69) is 16.7 Å². The van der Waals surface area contributed by atoms with Gasteiger partial charge >= 0.3 is 0 Å². The first-order chi connectivity index (χ1) is 9.24. The summed E-state index contributed by atoms with van der Waals surface area (Å²) in [5.41, 5.74) is 1.46. The van der Waals surface area contributed by atoms with Gasteiger partial charge in [-0.15, -0.1) is 11.8 Å². The normalized spacial score (nSPS) is 17.5. The van der Waals surface area contributed by atoms with Crippen LogP contribution in [0.25, 0.3) is 0 Å². The van der Waals surface area contributed by atoms with E-state index >= 15 is 0 Å². The summed E-state index contributed by atoms with van der Waals surface area (Å²) in [7, 11) is 1.75. The first-order valence-electron chi connectivity index (χ1n) is 6.64. The monoisotopic (exact) mass is 278 g/mol. The van der Waals surface area contributed by atoms with E-state index in [9.17, 15) is 4.39 Å². The summed E-state index contributed by atoms with van der Waals surface area (Å²) in [5, 5.41) is 1.46. The number of benzene rings is 1. The van der Waals surface area contributed by atoms with Crippen molar-refractivity contribution in [2.75, 3.05) is 7.05 Å². The molecule has 0 aromatic heterocycles. The Kier molecular flexibility index (Phi) is 5.14. The Morgan fingerprint density at radius 1 is 1.32 bits per heavy atom. The zero-order valence-electron chi connectivity index (χ0n) is 11.2. The molecule has 102 valence electrons. The van der Waals surface area contributed by atoms with Crippen LogP contribution in [0, 0.1) is 5.82 Å². The smallest absolute Gasteiger partial charge is 0.124 e. The van der Waals surface area contributed by atoms with Crippen LogP contribution in [0.3, 0.4) is 0 Å². The molecule has 0 bridgehead atoms. The summed E-state index contributed by atoms with van der Waals surface area (Å²) in [6.45, 7) is 3.55. The molecule has 1 aliphatic rings. The Balaban J connectivity index is 2.21. The third kappa shape index (κ3) is 3.66. The van der Waals surface area contributed by atoms with Gasteiger partial charge in [0.15, 0.2) is 0 Å². The molecule has 0 heterocycles. The second-order valence-corrected chi connectivity index (χ2v) is 6.02. The van der Waals surface area contributed by atoms with E-state index in [1.807, 2.05) is 0 Å². The maximum atomic E-state index is 13.4. The minimum Gasteiger partial charge on any atom is -0.281 e. The van der Waals surface area contributed by atoms with Gasteiger partial charge in [0, 0.05) is 17.9 Å². The van der Waals surface area contributed by atoms with Crippen molar-refractivity contribution >= 4 is 29.2 Å². The van der Waals surface area contributed by atoms with E-state index in [-0.39, 0.29) is 5.82 Å². The van der Waals surface area contributed by atoms with E-state index in [0.717, 1.165) is 10.6 Å². The highest BCUT2D eigenvalue weighted by Crippen LogP contribution is 2.33. The predicted octanol–water partition coefficient (Wildman–Crippen LogP) is 4.60. The summed E-state index contributed by atoms with van der Waals surface area (Å²) < 4.78 is 13.4. The lowest BCUT2D eigenvalue weighted by Crippen LogP contribution is -2.12. The summed E-state index contributed by atoms with van der Waals surface area (Å²) in [6, 6.07) is 4.57. The average molecular weight is 278 g/mol. The average Bonchev–Trinajstić information content (AvgIpc) is 2.46. The molecule has 19 heavy (non-hydrogen) atoms. The summed E-state index contributed by atoms with van der Waals surface area (Å²) in [6.07, 6.45) is 6.33. The van der Waals surface area contributed by atoms with E-state index in [1.165, 1.54) is 44.2 Å². The number of rotatable bonds is 3. The molecular formula is C15H19FN2S. The fourth-order valence-electron chi connectivity index (χ4n) is 2.39. The van der Waals surface area contributed by atoms with Crippen LogP contribution in [0.2, 0.25) is 0 Å². The molecule has 0 amide bonds. The molecule has 1 aromatic rings. The highest BCUT2D eigenvalue weighted by Gasteiger charge is 2.19. The van der Waals surface area contributed by atoms with Gasteiger partial charge in [0.1, 0.15) is 5.82 Å². The SMILES string of the molecule is C=Nc1ccc(F)cc1/C(=N\C)SC1CCCCC1. The van der Waals surface area contributed by atoms with Gasteiger partial charge in [-0.3, -0.25) is 9.98 Å². The van der Waals surface area contributed by atoms with Crippen molar-refractivity contribution in [3.05, 3.63) is 29.6 Å².